The molecule has 140 valence electrons. The minimum absolute atomic E-state index is 0.0253. The lowest BCUT2D eigenvalue weighted by Gasteiger charge is -2.12. The van der Waals surface area contributed by atoms with Crippen LogP contribution in [0.4, 0.5) is 8.78 Å². The first-order chi connectivity index (χ1) is 12.1. The van der Waals surface area contributed by atoms with E-state index in [1.807, 2.05) is 6.92 Å². The summed E-state index contributed by atoms with van der Waals surface area (Å²) in [5.41, 5.74) is 0. The molecule has 0 saturated heterocycles. The van der Waals surface area contributed by atoms with E-state index >= 15 is 0 Å². The van der Waals surface area contributed by atoms with Crippen LogP contribution in [0.2, 0.25) is 0 Å². The number of hydrogen-bond acceptors (Lipinski definition) is 4. The van der Waals surface area contributed by atoms with Gasteiger partial charge in [0, 0.05) is 26.3 Å². The molecule has 0 fully saturated rings. The molecule has 0 aliphatic rings. The van der Waals surface area contributed by atoms with Crippen LogP contribution in [0.5, 0.6) is 5.75 Å². The van der Waals surface area contributed by atoms with Crippen molar-refractivity contribution in [3.05, 3.63) is 29.8 Å². The Balaban J connectivity index is 2.36. The highest BCUT2D eigenvalue weighted by Gasteiger charge is 2.05. The van der Waals surface area contributed by atoms with Crippen molar-refractivity contribution in [2.24, 2.45) is 4.99 Å². The standard InChI is InChI=1S/C16H24F2N4O3/c1-3-19-16(22-11-15(23)20-6-8-24-2)21-7-9-25-14-5-4-12(17)10-13(14)18/h4-5,10H,3,6-9,11H2,1-2H3,(H,20,23)(H2,19,21,22). The Labute approximate surface area is 145 Å². The fourth-order valence-electron chi connectivity index (χ4n) is 1.76. The monoisotopic (exact) mass is 358 g/mol. The summed E-state index contributed by atoms with van der Waals surface area (Å²) in [6.07, 6.45) is 0. The number of nitrogens with one attached hydrogen (secondary N) is 3. The van der Waals surface area contributed by atoms with Gasteiger partial charge in [0.05, 0.1) is 13.2 Å². The quantitative estimate of drug-likeness (QED) is 0.325. The van der Waals surface area contributed by atoms with Crippen LogP contribution in [-0.2, 0) is 9.53 Å². The van der Waals surface area contributed by atoms with Crippen molar-refractivity contribution in [1.29, 1.82) is 0 Å². The van der Waals surface area contributed by atoms with Gasteiger partial charge in [-0.2, -0.15) is 0 Å². The lowest BCUT2D eigenvalue weighted by Crippen LogP contribution is -2.40. The minimum Gasteiger partial charge on any atom is -0.489 e. The molecule has 3 N–H and O–H groups in total. The first-order valence-electron chi connectivity index (χ1n) is 7.92. The topological polar surface area (TPSA) is 84.0 Å². The number of rotatable bonds is 10. The largest absolute Gasteiger partial charge is 0.489 e. The SMILES string of the molecule is CCNC(=NCC(=O)NCCOC)NCCOc1ccc(F)cc1F. The molecule has 0 heterocycles. The number of benzene rings is 1. The number of carbonyl (C=O) groups excluding carboxylic acids is 1. The summed E-state index contributed by atoms with van der Waals surface area (Å²) < 4.78 is 36.3. The second kappa shape index (κ2) is 12.0. The van der Waals surface area contributed by atoms with E-state index in [0.29, 0.717) is 32.2 Å². The number of halogens is 2. The Kier molecular flexibility index (Phi) is 9.91. The van der Waals surface area contributed by atoms with Gasteiger partial charge in [-0.25, -0.2) is 13.8 Å². The van der Waals surface area contributed by atoms with Crippen LogP contribution >= 0.6 is 0 Å². The number of guanidine groups is 1. The number of ether oxygens (including phenoxy) is 2. The zero-order valence-corrected chi connectivity index (χ0v) is 14.4. The minimum atomic E-state index is -0.756. The van der Waals surface area contributed by atoms with Gasteiger partial charge in [0.15, 0.2) is 17.5 Å². The molecule has 0 bridgehead atoms. The van der Waals surface area contributed by atoms with Crippen LogP contribution in [0.1, 0.15) is 6.92 Å². The summed E-state index contributed by atoms with van der Waals surface area (Å²) >= 11 is 0. The van der Waals surface area contributed by atoms with E-state index in [1.54, 1.807) is 7.11 Å². The zero-order chi connectivity index (χ0) is 18.5. The lowest BCUT2D eigenvalue weighted by molar-refractivity contribution is -0.119. The lowest BCUT2D eigenvalue weighted by atomic mass is 10.3. The van der Waals surface area contributed by atoms with E-state index in [0.717, 1.165) is 12.1 Å². The van der Waals surface area contributed by atoms with Crippen molar-refractivity contribution in [1.82, 2.24) is 16.0 Å². The summed E-state index contributed by atoms with van der Waals surface area (Å²) in [7, 11) is 1.55. The number of nitrogens with zero attached hydrogens (tertiary/aromatic N) is 1. The molecular weight excluding hydrogens is 334 g/mol. The van der Waals surface area contributed by atoms with Gasteiger partial charge in [-0.3, -0.25) is 4.79 Å². The van der Waals surface area contributed by atoms with Crippen molar-refractivity contribution in [2.75, 3.05) is 46.5 Å². The van der Waals surface area contributed by atoms with Crippen LogP contribution in [0.25, 0.3) is 0 Å². The Morgan fingerprint density at radius 2 is 1.92 bits per heavy atom. The van der Waals surface area contributed by atoms with Crippen LogP contribution in [-0.4, -0.2) is 58.4 Å². The average Bonchev–Trinajstić information content (AvgIpc) is 2.58. The smallest absolute Gasteiger partial charge is 0.241 e. The molecule has 0 radical (unpaired) electrons. The van der Waals surface area contributed by atoms with Gasteiger partial charge in [0.25, 0.3) is 0 Å². The van der Waals surface area contributed by atoms with Gasteiger partial charge in [-0.05, 0) is 19.1 Å². The van der Waals surface area contributed by atoms with Crippen molar-refractivity contribution >= 4 is 11.9 Å². The third kappa shape index (κ3) is 8.85. The third-order valence-corrected chi connectivity index (χ3v) is 2.90. The van der Waals surface area contributed by atoms with Gasteiger partial charge >= 0.3 is 0 Å². The maximum atomic E-state index is 13.4. The van der Waals surface area contributed by atoms with Gasteiger partial charge in [-0.15, -0.1) is 0 Å². The fourth-order valence-corrected chi connectivity index (χ4v) is 1.76. The number of hydrogen-bond donors (Lipinski definition) is 3. The molecule has 9 heteroatoms. The number of carbonyl (C=O) groups is 1. The summed E-state index contributed by atoms with van der Waals surface area (Å²) in [6, 6.07) is 3.12. The van der Waals surface area contributed by atoms with E-state index in [-0.39, 0.29) is 24.8 Å². The molecule has 0 aliphatic carbocycles. The second-order valence-corrected chi connectivity index (χ2v) is 4.89. The summed E-state index contributed by atoms with van der Waals surface area (Å²) in [4.78, 5) is 15.7. The molecular formula is C16H24F2N4O3. The van der Waals surface area contributed by atoms with Crippen LogP contribution < -0.4 is 20.7 Å². The molecule has 1 aromatic rings. The Bertz CT molecular complexity index is 570. The summed E-state index contributed by atoms with van der Waals surface area (Å²) in [5.74, 6) is -1.23. The van der Waals surface area contributed by atoms with Crippen LogP contribution in [0, 0.1) is 11.6 Å². The molecule has 0 aromatic heterocycles. The van der Waals surface area contributed by atoms with E-state index < -0.39 is 11.6 Å². The molecule has 1 rings (SSSR count). The Morgan fingerprint density at radius 1 is 1.16 bits per heavy atom. The van der Waals surface area contributed by atoms with Crippen molar-refractivity contribution in [3.8, 4) is 5.75 Å². The van der Waals surface area contributed by atoms with Crippen LogP contribution in [0.15, 0.2) is 23.2 Å². The maximum Gasteiger partial charge on any atom is 0.241 e. The fraction of sp³-hybridized carbons (Fsp3) is 0.500. The second-order valence-electron chi connectivity index (χ2n) is 4.89. The normalized spacial score (nSPS) is 11.1. The predicted octanol–water partition coefficient (Wildman–Crippen LogP) is 0.661. The molecule has 7 nitrogen and oxygen atoms in total. The summed E-state index contributed by atoms with van der Waals surface area (Å²) in [5, 5.41) is 8.59. The van der Waals surface area contributed by atoms with Gasteiger partial charge in [-0.1, -0.05) is 0 Å². The van der Waals surface area contributed by atoms with E-state index in [2.05, 4.69) is 20.9 Å². The average molecular weight is 358 g/mol. The highest BCUT2D eigenvalue weighted by molar-refractivity contribution is 5.84. The molecule has 0 unspecified atom stereocenters. The maximum absolute atomic E-state index is 13.4. The van der Waals surface area contributed by atoms with Gasteiger partial charge in [0.1, 0.15) is 19.0 Å². The number of amides is 1. The number of aliphatic imine (C=N–C) groups is 1. The van der Waals surface area contributed by atoms with Crippen LogP contribution in [0.3, 0.4) is 0 Å². The van der Waals surface area contributed by atoms with Crippen molar-refractivity contribution in [3.63, 3.8) is 0 Å². The molecule has 0 atom stereocenters. The van der Waals surface area contributed by atoms with E-state index in [9.17, 15) is 13.6 Å². The van der Waals surface area contributed by atoms with Gasteiger partial charge in [0.2, 0.25) is 5.91 Å². The first-order valence-corrected chi connectivity index (χ1v) is 7.92. The Hall–Kier alpha value is -2.42. The molecule has 0 saturated carbocycles. The van der Waals surface area contributed by atoms with Gasteiger partial charge < -0.3 is 25.4 Å². The van der Waals surface area contributed by atoms with E-state index in [1.165, 1.54) is 6.07 Å². The number of methoxy groups -OCH3 is 1. The predicted molar refractivity (Wildman–Crippen MR) is 90.7 cm³/mol. The molecule has 25 heavy (non-hydrogen) atoms. The van der Waals surface area contributed by atoms with Crippen molar-refractivity contribution < 1.29 is 23.0 Å². The zero-order valence-electron chi connectivity index (χ0n) is 14.4. The highest BCUT2D eigenvalue weighted by Crippen LogP contribution is 2.17. The Morgan fingerprint density at radius 3 is 2.60 bits per heavy atom. The first kappa shape index (κ1) is 20.6. The molecule has 0 spiro atoms. The highest BCUT2D eigenvalue weighted by atomic mass is 19.1. The molecule has 1 amide bonds. The molecule has 0 aliphatic heterocycles. The molecule has 1 aromatic carbocycles. The summed E-state index contributed by atoms with van der Waals surface area (Å²) in [6.45, 7) is 3.80. The van der Waals surface area contributed by atoms with Crippen molar-refractivity contribution in [2.45, 2.75) is 6.92 Å². The van der Waals surface area contributed by atoms with E-state index in [4.69, 9.17) is 9.47 Å². The third-order valence-electron chi connectivity index (χ3n) is 2.90.